The van der Waals surface area contributed by atoms with Gasteiger partial charge in [-0.3, -0.25) is 0 Å². The van der Waals surface area contributed by atoms with Crippen molar-refractivity contribution >= 4 is 0 Å². The molecule has 88 valence electrons. The first-order chi connectivity index (χ1) is 5.20. The van der Waals surface area contributed by atoms with Crippen molar-refractivity contribution in [2.45, 2.75) is 0 Å². The summed E-state index contributed by atoms with van der Waals surface area (Å²) in [4.78, 5) is 0. The quantitative estimate of drug-likeness (QED) is 0.220. The van der Waals surface area contributed by atoms with Gasteiger partial charge in [0, 0.05) is 19.5 Å². The maximum Gasteiger partial charge on any atom is 0 e. The molecule has 0 unspecified atom stereocenters. The van der Waals surface area contributed by atoms with E-state index in [4.69, 9.17) is 46.9 Å². The molecule has 0 aliphatic heterocycles. The molecule has 0 spiro atoms. The molecule has 14 heteroatoms. The van der Waals surface area contributed by atoms with Crippen LogP contribution in [0.25, 0.3) is 0 Å². The van der Waals surface area contributed by atoms with Gasteiger partial charge in [-0.05, 0) is 0 Å². The van der Waals surface area contributed by atoms with Gasteiger partial charge in [0.1, 0.15) is 0 Å². The molecule has 0 bridgehead atoms. The molecule has 0 aromatic heterocycles. The number of nitrogens with zero attached hydrogens (tertiary/aromatic N) is 3. The molecule has 0 rings (SSSR count). The SMILES string of the molecule is [O-2].[O-]N(O)O.[O-]N(O)O.[O-]N(O)O.[Zn]. The fourth-order valence-corrected chi connectivity index (χ4v) is 0. The van der Waals surface area contributed by atoms with E-state index >= 15 is 0 Å². The Morgan fingerprint density at radius 2 is 0.571 bits per heavy atom. The van der Waals surface area contributed by atoms with Crippen LogP contribution in [0.5, 0.6) is 0 Å². The zero-order valence-electron chi connectivity index (χ0n) is 6.37. The van der Waals surface area contributed by atoms with Crippen molar-refractivity contribution in [2.75, 3.05) is 0 Å². The van der Waals surface area contributed by atoms with Gasteiger partial charge in [0.25, 0.3) is 0 Å². The topological polar surface area (TPSA) is 229 Å². The predicted octanol–water partition coefficient (Wildman–Crippen LogP) is -1.43. The van der Waals surface area contributed by atoms with Gasteiger partial charge in [0.05, 0.1) is 0 Å². The van der Waals surface area contributed by atoms with E-state index < -0.39 is 16.2 Å². The second kappa shape index (κ2) is 23.2. The molecule has 0 saturated heterocycles. The van der Waals surface area contributed by atoms with Crippen molar-refractivity contribution in [1.82, 2.24) is 16.2 Å². The summed E-state index contributed by atoms with van der Waals surface area (Å²) < 4.78 is 0. The monoisotopic (exact) mass is 272 g/mol. The molecule has 0 fully saturated rings. The van der Waals surface area contributed by atoms with Crippen molar-refractivity contribution in [3.63, 3.8) is 0 Å². The summed E-state index contributed by atoms with van der Waals surface area (Å²) >= 11 is 0. The molecule has 0 radical (unpaired) electrons. The summed E-state index contributed by atoms with van der Waals surface area (Å²) in [6, 6.07) is 0. The van der Waals surface area contributed by atoms with Gasteiger partial charge in [-0.2, -0.15) is 0 Å². The molecular weight excluding hydrogens is 267 g/mol. The van der Waals surface area contributed by atoms with Gasteiger partial charge in [-0.25, -0.2) is 0 Å². The second-order valence-corrected chi connectivity index (χ2v) is 0.758. The molecule has 0 aliphatic rings. The van der Waals surface area contributed by atoms with Crippen LogP contribution in [0.3, 0.4) is 0 Å². The second-order valence-electron chi connectivity index (χ2n) is 0.758. The maximum absolute atomic E-state index is 8.47. The molecule has 0 atom stereocenters. The van der Waals surface area contributed by atoms with Crippen LogP contribution in [-0.4, -0.2) is 47.4 Å². The van der Waals surface area contributed by atoms with Gasteiger partial charge in [0.2, 0.25) is 0 Å². The Morgan fingerprint density at radius 3 is 0.571 bits per heavy atom. The first-order valence-corrected chi connectivity index (χ1v) is 1.75. The Labute approximate surface area is 88.8 Å². The van der Waals surface area contributed by atoms with Gasteiger partial charge in [-0.15, -0.1) is 16.2 Å². The van der Waals surface area contributed by atoms with Gasteiger partial charge >= 0.3 is 0 Å². The first kappa shape index (κ1) is 29.2. The Kier molecular flexibility index (Phi) is 48.3. The Hall–Kier alpha value is 0.103. The third-order valence-corrected chi connectivity index (χ3v) is 0. The number of rotatable bonds is 0. The molecule has 6 N–H and O–H groups in total. The summed E-state index contributed by atoms with van der Waals surface area (Å²) in [5.41, 5.74) is 0. The molecule has 0 aliphatic carbocycles. The van der Waals surface area contributed by atoms with E-state index in [0.29, 0.717) is 0 Å². The minimum Gasteiger partial charge on any atom is -2.00 e. The zero-order chi connectivity index (χ0) is 10.7. The van der Waals surface area contributed by atoms with Crippen LogP contribution >= 0.6 is 0 Å². The zero-order valence-corrected chi connectivity index (χ0v) is 9.33. The molecule has 13 nitrogen and oxygen atoms in total. The fourth-order valence-electron chi connectivity index (χ4n) is 0. The molecular formula is H6N3O10Zn-5. The molecule has 0 aromatic carbocycles. The van der Waals surface area contributed by atoms with E-state index in [0.717, 1.165) is 0 Å². The summed E-state index contributed by atoms with van der Waals surface area (Å²) in [5.74, 6) is 0. The van der Waals surface area contributed by atoms with E-state index in [-0.39, 0.29) is 25.0 Å². The van der Waals surface area contributed by atoms with E-state index in [1.54, 1.807) is 0 Å². The smallest absolute Gasteiger partial charge is 0 e. The van der Waals surface area contributed by atoms with Gasteiger partial charge in [-0.1, -0.05) is 0 Å². The van der Waals surface area contributed by atoms with Crippen LogP contribution < -0.4 is 0 Å². The minimum atomic E-state index is -1.25. The average molecular weight is 273 g/mol. The summed E-state index contributed by atoms with van der Waals surface area (Å²) in [5, 5.41) is 63.0. The fraction of sp³-hybridized carbons (Fsp3) is 0. The van der Waals surface area contributed by atoms with Crippen molar-refractivity contribution in [1.29, 1.82) is 0 Å². The van der Waals surface area contributed by atoms with E-state index in [9.17, 15) is 0 Å². The Bertz CT molecular complexity index is 43.9. The van der Waals surface area contributed by atoms with Crippen molar-refractivity contribution in [3.05, 3.63) is 15.6 Å². The Morgan fingerprint density at radius 1 is 0.571 bits per heavy atom. The number of hydrogen-bond donors (Lipinski definition) is 6. The molecule has 0 heterocycles. The number of hydrogen-bond acceptors (Lipinski definition) is 12. The van der Waals surface area contributed by atoms with E-state index in [2.05, 4.69) is 0 Å². The van der Waals surface area contributed by atoms with Gasteiger partial charge < -0.3 is 52.3 Å². The molecule has 0 amide bonds. The van der Waals surface area contributed by atoms with Crippen molar-refractivity contribution < 1.29 is 56.2 Å². The molecule has 0 aromatic rings. The third kappa shape index (κ3) is 140000. The summed E-state index contributed by atoms with van der Waals surface area (Å²) in [7, 11) is 0. The van der Waals surface area contributed by atoms with Crippen LogP contribution in [0, 0.1) is 15.6 Å². The molecule has 14 heavy (non-hydrogen) atoms. The van der Waals surface area contributed by atoms with Crippen LogP contribution in [0.4, 0.5) is 0 Å². The van der Waals surface area contributed by atoms with E-state index in [1.165, 1.54) is 0 Å². The first-order valence-electron chi connectivity index (χ1n) is 1.75. The minimum absolute atomic E-state index is 0. The Balaban J connectivity index is -0.0000000270. The van der Waals surface area contributed by atoms with Crippen LogP contribution in [0.15, 0.2) is 0 Å². The molecule has 0 saturated carbocycles. The third-order valence-electron chi connectivity index (χ3n) is 0. The van der Waals surface area contributed by atoms with Crippen molar-refractivity contribution in [2.24, 2.45) is 0 Å². The summed E-state index contributed by atoms with van der Waals surface area (Å²) in [6.45, 7) is 0. The largest absolute Gasteiger partial charge is 2.00 e. The van der Waals surface area contributed by atoms with Crippen molar-refractivity contribution in [3.8, 4) is 0 Å². The average Bonchev–Trinajstić information content (AvgIpc) is 1.54. The van der Waals surface area contributed by atoms with Gasteiger partial charge in [0.15, 0.2) is 0 Å². The predicted molar refractivity (Wildman–Crippen MR) is 27.0 cm³/mol. The summed E-state index contributed by atoms with van der Waals surface area (Å²) in [6.07, 6.45) is 0. The maximum atomic E-state index is 8.47. The van der Waals surface area contributed by atoms with Crippen LogP contribution in [0.2, 0.25) is 0 Å². The van der Waals surface area contributed by atoms with Crippen LogP contribution in [0.1, 0.15) is 0 Å². The van der Waals surface area contributed by atoms with Crippen LogP contribution in [-0.2, 0) is 25.0 Å². The standard InChI is InChI=1S/3H2NO3.O.Zn/c3*2-1(3)4;;/h3*2-3H;;/q3*-1;-2;. The normalized spacial score (nSPS) is 7.71. The van der Waals surface area contributed by atoms with E-state index in [1.807, 2.05) is 0 Å².